The van der Waals surface area contributed by atoms with E-state index >= 15 is 0 Å². The summed E-state index contributed by atoms with van der Waals surface area (Å²) in [7, 11) is 0. The van der Waals surface area contributed by atoms with Crippen LogP contribution in [0, 0.1) is 0 Å². The first-order valence-corrected chi connectivity index (χ1v) is 5.81. The van der Waals surface area contributed by atoms with Crippen molar-refractivity contribution in [3.8, 4) is 0 Å². The molecule has 80 valence electrons. The van der Waals surface area contributed by atoms with Crippen LogP contribution in [0.3, 0.4) is 0 Å². The first-order valence-electron chi connectivity index (χ1n) is 4.83. The number of thioether (sulfide) groups is 1. The summed E-state index contributed by atoms with van der Waals surface area (Å²) in [4.78, 5) is 7.16. The molecule has 0 aliphatic carbocycles. The van der Waals surface area contributed by atoms with Gasteiger partial charge in [-0.2, -0.15) is 0 Å². The Morgan fingerprint density at radius 3 is 3.14 bits per heavy atom. The minimum absolute atomic E-state index is 0.233. The molecule has 4 nitrogen and oxygen atoms in total. The van der Waals surface area contributed by atoms with Crippen molar-refractivity contribution in [2.24, 2.45) is 0 Å². The zero-order valence-electron chi connectivity index (χ0n) is 8.36. The number of nitrogens with zero attached hydrogens (tertiary/aromatic N) is 1. The molecule has 1 heterocycles. The Balaban J connectivity index is 2.25. The number of rotatable bonds is 7. The topological polar surface area (TPSA) is 60.9 Å². The summed E-state index contributed by atoms with van der Waals surface area (Å²) in [5.41, 5.74) is 0. The maximum atomic E-state index is 8.85. The van der Waals surface area contributed by atoms with E-state index in [1.807, 2.05) is 6.20 Å². The Kier molecular flexibility index (Phi) is 5.66. The maximum Gasteiger partial charge on any atom is 0.165 e. The Morgan fingerprint density at radius 1 is 1.71 bits per heavy atom. The van der Waals surface area contributed by atoms with Gasteiger partial charge >= 0.3 is 0 Å². The fourth-order valence-corrected chi connectivity index (χ4v) is 2.13. The molecule has 0 aliphatic rings. The zero-order chi connectivity index (χ0) is 10.2. The van der Waals surface area contributed by atoms with Gasteiger partial charge in [-0.3, -0.25) is 0 Å². The summed E-state index contributed by atoms with van der Waals surface area (Å²) in [6.45, 7) is 3.24. The van der Waals surface area contributed by atoms with Crippen molar-refractivity contribution in [1.29, 1.82) is 0 Å². The third kappa shape index (κ3) is 4.13. The molecule has 1 rings (SSSR count). The molecule has 0 fully saturated rings. The number of hydrogen-bond donors (Lipinski definition) is 3. The van der Waals surface area contributed by atoms with Crippen LogP contribution in [0.15, 0.2) is 17.6 Å². The van der Waals surface area contributed by atoms with Gasteiger partial charge in [-0.25, -0.2) is 4.98 Å². The number of imidazole rings is 1. The predicted molar refractivity (Wildman–Crippen MR) is 58.5 cm³/mol. The van der Waals surface area contributed by atoms with E-state index < -0.39 is 0 Å². The standard InChI is InChI=1S/C9H17N3OS/c1-2-10-8(3-6-13)7-14-9-11-4-5-12-9/h4-5,8,10,13H,2-3,6-7H2,1H3,(H,11,12). The lowest BCUT2D eigenvalue weighted by Crippen LogP contribution is -2.32. The minimum atomic E-state index is 0.233. The molecule has 5 heteroatoms. The number of aromatic nitrogens is 2. The second-order valence-corrected chi connectivity index (χ2v) is 3.98. The number of H-pyrrole nitrogens is 1. The molecule has 1 aromatic rings. The lowest BCUT2D eigenvalue weighted by atomic mass is 10.2. The fourth-order valence-electron chi connectivity index (χ4n) is 1.20. The van der Waals surface area contributed by atoms with Crippen LogP contribution < -0.4 is 5.32 Å². The van der Waals surface area contributed by atoms with E-state index in [2.05, 4.69) is 22.2 Å². The van der Waals surface area contributed by atoms with Crippen molar-refractivity contribution in [2.45, 2.75) is 24.5 Å². The molecule has 0 aliphatic heterocycles. The average molecular weight is 215 g/mol. The van der Waals surface area contributed by atoms with Crippen LogP contribution in [0.4, 0.5) is 0 Å². The SMILES string of the molecule is CCNC(CCO)CSc1ncc[nH]1. The van der Waals surface area contributed by atoms with Crippen molar-refractivity contribution in [3.63, 3.8) is 0 Å². The molecule has 3 N–H and O–H groups in total. The summed E-state index contributed by atoms with van der Waals surface area (Å²) in [6, 6.07) is 0.361. The lowest BCUT2D eigenvalue weighted by Gasteiger charge is -2.15. The van der Waals surface area contributed by atoms with Gasteiger partial charge in [0.1, 0.15) is 0 Å². The lowest BCUT2D eigenvalue weighted by molar-refractivity contribution is 0.271. The van der Waals surface area contributed by atoms with Crippen LogP contribution in [0.2, 0.25) is 0 Å². The van der Waals surface area contributed by atoms with Crippen LogP contribution in [0.25, 0.3) is 0 Å². The summed E-state index contributed by atoms with van der Waals surface area (Å²) in [5.74, 6) is 0.932. The molecular formula is C9H17N3OS. The van der Waals surface area contributed by atoms with Crippen molar-refractivity contribution < 1.29 is 5.11 Å². The summed E-state index contributed by atoms with van der Waals surface area (Å²) in [5, 5.41) is 13.1. The van der Waals surface area contributed by atoms with E-state index in [1.165, 1.54) is 0 Å². The molecule has 0 amide bonds. The summed E-state index contributed by atoms with van der Waals surface area (Å²) >= 11 is 1.67. The number of aliphatic hydroxyl groups is 1. The first kappa shape index (κ1) is 11.6. The van der Waals surface area contributed by atoms with Crippen LogP contribution in [-0.2, 0) is 0 Å². The van der Waals surface area contributed by atoms with Crippen LogP contribution in [-0.4, -0.2) is 40.0 Å². The van der Waals surface area contributed by atoms with Gasteiger partial charge in [0.25, 0.3) is 0 Å². The van der Waals surface area contributed by atoms with Crippen LogP contribution in [0.5, 0.6) is 0 Å². The van der Waals surface area contributed by atoms with Gasteiger partial charge in [-0.1, -0.05) is 18.7 Å². The normalized spacial score (nSPS) is 13.0. The molecule has 0 aromatic carbocycles. The van der Waals surface area contributed by atoms with Crippen molar-refractivity contribution in [1.82, 2.24) is 15.3 Å². The molecule has 14 heavy (non-hydrogen) atoms. The highest BCUT2D eigenvalue weighted by Gasteiger charge is 2.07. The number of nitrogens with one attached hydrogen (secondary N) is 2. The molecule has 0 bridgehead atoms. The second-order valence-electron chi connectivity index (χ2n) is 2.97. The molecule has 0 saturated carbocycles. The molecule has 1 unspecified atom stereocenters. The Morgan fingerprint density at radius 2 is 2.57 bits per heavy atom. The molecule has 1 atom stereocenters. The van der Waals surface area contributed by atoms with E-state index in [4.69, 9.17) is 5.11 Å². The molecule has 1 aromatic heterocycles. The van der Waals surface area contributed by atoms with E-state index in [9.17, 15) is 0 Å². The van der Waals surface area contributed by atoms with E-state index in [0.717, 1.165) is 23.9 Å². The molecule has 0 saturated heterocycles. The van der Waals surface area contributed by atoms with Gasteiger partial charge in [-0.05, 0) is 13.0 Å². The number of hydrogen-bond acceptors (Lipinski definition) is 4. The maximum absolute atomic E-state index is 8.85. The average Bonchev–Trinajstić information content (AvgIpc) is 2.67. The van der Waals surface area contributed by atoms with Crippen LogP contribution in [0.1, 0.15) is 13.3 Å². The fraction of sp³-hybridized carbons (Fsp3) is 0.667. The van der Waals surface area contributed by atoms with Gasteiger partial charge < -0.3 is 15.4 Å². The van der Waals surface area contributed by atoms with Crippen molar-refractivity contribution in [3.05, 3.63) is 12.4 Å². The predicted octanol–water partition coefficient (Wildman–Crippen LogP) is 0.862. The number of aromatic amines is 1. The smallest absolute Gasteiger partial charge is 0.165 e. The van der Waals surface area contributed by atoms with Crippen molar-refractivity contribution >= 4 is 11.8 Å². The van der Waals surface area contributed by atoms with Gasteiger partial charge in [0.2, 0.25) is 0 Å². The minimum Gasteiger partial charge on any atom is -0.396 e. The Bertz CT molecular complexity index is 222. The van der Waals surface area contributed by atoms with Crippen molar-refractivity contribution in [2.75, 3.05) is 18.9 Å². The highest BCUT2D eigenvalue weighted by molar-refractivity contribution is 7.99. The molecule has 0 spiro atoms. The van der Waals surface area contributed by atoms with E-state index in [0.29, 0.717) is 6.04 Å². The van der Waals surface area contributed by atoms with Gasteiger partial charge in [0.15, 0.2) is 5.16 Å². The summed E-state index contributed by atoms with van der Waals surface area (Å²) < 4.78 is 0. The van der Waals surface area contributed by atoms with Gasteiger partial charge in [0, 0.05) is 30.8 Å². The molecule has 0 radical (unpaired) electrons. The van der Waals surface area contributed by atoms with Gasteiger partial charge in [0.05, 0.1) is 0 Å². The second kappa shape index (κ2) is 6.86. The largest absolute Gasteiger partial charge is 0.396 e. The van der Waals surface area contributed by atoms with E-state index in [-0.39, 0.29) is 6.61 Å². The monoisotopic (exact) mass is 215 g/mol. The van der Waals surface area contributed by atoms with Crippen LogP contribution >= 0.6 is 11.8 Å². The molecular weight excluding hydrogens is 198 g/mol. The first-order chi connectivity index (χ1) is 6.86. The van der Waals surface area contributed by atoms with Gasteiger partial charge in [-0.15, -0.1) is 0 Å². The number of aliphatic hydroxyl groups excluding tert-OH is 1. The quantitative estimate of drug-likeness (QED) is 0.590. The third-order valence-electron chi connectivity index (χ3n) is 1.86. The third-order valence-corrected chi connectivity index (χ3v) is 2.93. The Hall–Kier alpha value is -0.520. The zero-order valence-corrected chi connectivity index (χ0v) is 9.18. The summed E-state index contributed by atoms with van der Waals surface area (Å²) in [6.07, 6.45) is 4.36. The Labute approximate surface area is 88.5 Å². The van der Waals surface area contributed by atoms with E-state index in [1.54, 1.807) is 18.0 Å². The highest BCUT2D eigenvalue weighted by Crippen LogP contribution is 2.13. The highest BCUT2D eigenvalue weighted by atomic mass is 32.2.